The Morgan fingerprint density at radius 1 is 1.21 bits per heavy atom. The fraction of sp³-hybridized carbons (Fsp3) is 0.278. The lowest BCUT2D eigenvalue weighted by molar-refractivity contribution is -0.389. The first-order valence-electron chi connectivity index (χ1n) is 8.98. The van der Waals surface area contributed by atoms with Gasteiger partial charge in [0.15, 0.2) is 0 Å². The number of hydrogen-bond donors (Lipinski definition) is 0. The molecule has 3 aromatic heterocycles. The Balaban J connectivity index is 1.55. The van der Waals surface area contributed by atoms with E-state index in [0.717, 1.165) is 24.8 Å². The third-order valence-electron chi connectivity index (χ3n) is 4.93. The zero-order chi connectivity index (χ0) is 19.1. The van der Waals surface area contributed by atoms with Crippen molar-refractivity contribution in [3.05, 3.63) is 57.9 Å². The quantitative estimate of drug-likeness (QED) is 0.378. The van der Waals surface area contributed by atoms with Crippen molar-refractivity contribution in [3.8, 4) is 11.4 Å². The number of nitro groups is 1. The van der Waals surface area contributed by atoms with Crippen LogP contribution in [0.25, 0.3) is 16.3 Å². The van der Waals surface area contributed by atoms with Crippen LogP contribution < -0.4 is 4.90 Å². The summed E-state index contributed by atoms with van der Waals surface area (Å²) in [6.07, 6.45) is 4.37. The van der Waals surface area contributed by atoms with Crippen LogP contribution in [0.2, 0.25) is 0 Å². The highest BCUT2D eigenvalue weighted by Crippen LogP contribution is 2.39. The van der Waals surface area contributed by atoms with E-state index in [1.165, 1.54) is 15.7 Å². The number of thiazole rings is 1. The molecule has 0 spiro atoms. The SMILES string of the molecule is O=[N+]([O-])c1c(N2CCCC[C@@H]2c2nc(-c3ccccc3)no2)nc2sccn12. The van der Waals surface area contributed by atoms with Crippen molar-refractivity contribution >= 4 is 27.9 Å². The predicted octanol–water partition coefficient (Wildman–Crippen LogP) is 4.09. The van der Waals surface area contributed by atoms with Gasteiger partial charge in [-0.15, -0.1) is 0 Å². The summed E-state index contributed by atoms with van der Waals surface area (Å²) in [7, 11) is 0. The molecule has 1 atom stereocenters. The van der Waals surface area contributed by atoms with Gasteiger partial charge in [-0.25, -0.2) is 0 Å². The fourth-order valence-corrected chi connectivity index (χ4v) is 4.35. The molecule has 1 fully saturated rings. The molecule has 1 aliphatic heterocycles. The normalized spacial score (nSPS) is 17.3. The van der Waals surface area contributed by atoms with Gasteiger partial charge in [0.2, 0.25) is 17.5 Å². The van der Waals surface area contributed by atoms with Crippen LogP contribution in [0.5, 0.6) is 0 Å². The number of benzene rings is 1. The molecule has 9 nitrogen and oxygen atoms in total. The number of nitrogens with zero attached hydrogens (tertiary/aromatic N) is 6. The van der Waals surface area contributed by atoms with E-state index in [4.69, 9.17) is 4.52 Å². The van der Waals surface area contributed by atoms with Crippen molar-refractivity contribution in [3.63, 3.8) is 0 Å². The van der Waals surface area contributed by atoms with Crippen molar-refractivity contribution in [2.45, 2.75) is 25.3 Å². The molecular formula is C18H16N6O3S. The van der Waals surface area contributed by atoms with Gasteiger partial charge in [0.05, 0.1) is 0 Å². The monoisotopic (exact) mass is 396 g/mol. The zero-order valence-corrected chi connectivity index (χ0v) is 15.6. The highest BCUT2D eigenvalue weighted by molar-refractivity contribution is 7.15. The summed E-state index contributed by atoms with van der Waals surface area (Å²) in [5.74, 6) is 1.32. The molecule has 0 aliphatic carbocycles. The number of rotatable bonds is 4. The molecule has 0 N–H and O–H groups in total. The maximum atomic E-state index is 11.7. The minimum absolute atomic E-state index is 0.0223. The van der Waals surface area contributed by atoms with Gasteiger partial charge in [-0.05, 0) is 24.2 Å². The third-order valence-corrected chi connectivity index (χ3v) is 5.68. The molecule has 1 aromatic carbocycles. The fourth-order valence-electron chi connectivity index (χ4n) is 3.64. The molecule has 0 saturated carbocycles. The van der Waals surface area contributed by atoms with Gasteiger partial charge in [0.1, 0.15) is 12.2 Å². The molecule has 1 saturated heterocycles. The van der Waals surface area contributed by atoms with E-state index < -0.39 is 0 Å². The third kappa shape index (κ3) is 2.73. The molecule has 4 heterocycles. The van der Waals surface area contributed by atoms with Gasteiger partial charge in [0, 0.05) is 17.5 Å². The van der Waals surface area contributed by atoms with Gasteiger partial charge in [-0.2, -0.15) is 14.4 Å². The molecule has 0 bridgehead atoms. The Hall–Kier alpha value is -3.27. The lowest BCUT2D eigenvalue weighted by Gasteiger charge is -2.32. The summed E-state index contributed by atoms with van der Waals surface area (Å²) in [5, 5.41) is 17.6. The van der Waals surface area contributed by atoms with E-state index in [-0.39, 0.29) is 16.8 Å². The minimum atomic E-state index is -0.378. The Kier molecular flexibility index (Phi) is 4.05. The van der Waals surface area contributed by atoms with Crippen LogP contribution in [0.4, 0.5) is 11.6 Å². The summed E-state index contributed by atoms with van der Waals surface area (Å²) < 4.78 is 7.08. The molecule has 5 rings (SSSR count). The van der Waals surface area contributed by atoms with Gasteiger partial charge in [0.25, 0.3) is 4.96 Å². The largest absolute Gasteiger partial charge is 0.373 e. The van der Waals surface area contributed by atoms with Crippen LogP contribution in [0.1, 0.15) is 31.2 Å². The topological polar surface area (TPSA) is 103 Å². The predicted molar refractivity (Wildman–Crippen MR) is 103 cm³/mol. The van der Waals surface area contributed by atoms with E-state index in [1.807, 2.05) is 35.2 Å². The van der Waals surface area contributed by atoms with Crippen molar-refractivity contribution in [1.82, 2.24) is 19.5 Å². The van der Waals surface area contributed by atoms with Crippen LogP contribution in [-0.4, -0.2) is 31.0 Å². The lowest BCUT2D eigenvalue weighted by atomic mass is 10.0. The van der Waals surface area contributed by atoms with Crippen LogP contribution in [0, 0.1) is 10.1 Å². The van der Waals surface area contributed by atoms with E-state index >= 15 is 0 Å². The van der Waals surface area contributed by atoms with E-state index in [1.54, 1.807) is 11.6 Å². The van der Waals surface area contributed by atoms with Gasteiger partial charge >= 0.3 is 5.82 Å². The molecule has 142 valence electrons. The van der Waals surface area contributed by atoms with Gasteiger partial charge in [-0.1, -0.05) is 46.8 Å². The molecule has 0 unspecified atom stereocenters. The number of imidazole rings is 1. The average Bonchev–Trinajstić information content (AvgIpc) is 3.44. The molecule has 0 radical (unpaired) electrons. The first-order valence-corrected chi connectivity index (χ1v) is 9.86. The highest BCUT2D eigenvalue weighted by Gasteiger charge is 2.36. The second-order valence-electron chi connectivity index (χ2n) is 6.60. The van der Waals surface area contributed by atoms with Crippen LogP contribution in [-0.2, 0) is 0 Å². The molecule has 4 aromatic rings. The van der Waals surface area contributed by atoms with Crippen LogP contribution in [0.15, 0.2) is 46.4 Å². The molecule has 28 heavy (non-hydrogen) atoms. The highest BCUT2D eigenvalue weighted by atomic mass is 32.1. The van der Waals surface area contributed by atoms with E-state index in [0.29, 0.717) is 29.0 Å². The van der Waals surface area contributed by atoms with E-state index in [9.17, 15) is 10.1 Å². The average molecular weight is 396 g/mol. The lowest BCUT2D eigenvalue weighted by Crippen LogP contribution is -2.34. The van der Waals surface area contributed by atoms with Gasteiger partial charge < -0.3 is 19.5 Å². The molecular weight excluding hydrogens is 380 g/mol. The van der Waals surface area contributed by atoms with Crippen molar-refractivity contribution < 1.29 is 9.45 Å². The standard InChI is InChI=1S/C18H16N6O3S/c25-24(26)17-15(20-18-23(17)10-11-28-18)22-9-5-4-8-13(22)16-19-14(21-27-16)12-6-2-1-3-7-12/h1-3,6-7,10-11,13H,4-5,8-9H2/t13-/m1/s1. The Bertz CT molecular complexity index is 1130. The summed E-state index contributed by atoms with van der Waals surface area (Å²) >= 11 is 1.37. The number of piperidine rings is 1. The molecule has 10 heteroatoms. The smallest absolute Gasteiger partial charge is 0.358 e. The summed E-state index contributed by atoms with van der Waals surface area (Å²) in [5.41, 5.74) is 0.869. The Labute approximate surface area is 163 Å². The van der Waals surface area contributed by atoms with Crippen LogP contribution in [0.3, 0.4) is 0 Å². The van der Waals surface area contributed by atoms with E-state index in [2.05, 4.69) is 15.1 Å². The number of fused-ring (bicyclic) bond motifs is 1. The van der Waals surface area contributed by atoms with Gasteiger partial charge in [-0.3, -0.25) is 0 Å². The summed E-state index contributed by atoms with van der Waals surface area (Å²) in [4.78, 5) is 23.0. The van der Waals surface area contributed by atoms with Crippen molar-refractivity contribution in [2.75, 3.05) is 11.4 Å². The number of hydrogen-bond acceptors (Lipinski definition) is 8. The van der Waals surface area contributed by atoms with Crippen LogP contribution >= 0.6 is 11.3 Å². The Morgan fingerprint density at radius 2 is 2.07 bits per heavy atom. The van der Waals surface area contributed by atoms with Crippen molar-refractivity contribution in [2.24, 2.45) is 0 Å². The zero-order valence-electron chi connectivity index (χ0n) is 14.8. The minimum Gasteiger partial charge on any atom is -0.358 e. The Morgan fingerprint density at radius 3 is 2.89 bits per heavy atom. The maximum absolute atomic E-state index is 11.7. The first-order chi connectivity index (χ1) is 13.7. The van der Waals surface area contributed by atoms with Crippen molar-refractivity contribution in [1.29, 1.82) is 0 Å². The number of aromatic nitrogens is 4. The number of anilines is 1. The second kappa shape index (κ2) is 6.71. The maximum Gasteiger partial charge on any atom is 0.373 e. The second-order valence-corrected chi connectivity index (χ2v) is 7.47. The summed E-state index contributed by atoms with van der Waals surface area (Å²) in [6.45, 7) is 0.652. The first kappa shape index (κ1) is 16.9. The summed E-state index contributed by atoms with van der Waals surface area (Å²) in [6, 6.07) is 9.36. The molecule has 0 amide bonds. The molecule has 1 aliphatic rings.